The fraction of sp³-hybridized carbons (Fsp3) is 0.227. The van der Waals surface area contributed by atoms with Gasteiger partial charge >= 0.3 is 0 Å². The highest BCUT2D eigenvalue weighted by Gasteiger charge is 2.29. The highest BCUT2D eigenvalue weighted by atomic mass is 16.2. The first-order valence-electron chi connectivity index (χ1n) is 9.29. The smallest absolute Gasteiger partial charge is 0.228 e. The Labute approximate surface area is 168 Å². The molecule has 3 aromatic heterocycles. The van der Waals surface area contributed by atoms with Gasteiger partial charge in [0.25, 0.3) is 0 Å². The zero-order chi connectivity index (χ0) is 20.2. The summed E-state index contributed by atoms with van der Waals surface area (Å²) in [7, 11) is 1.79. The van der Waals surface area contributed by atoms with E-state index in [9.17, 15) is 4.79 Å². The van der Waals surface area contributed by atoms with Gasteiger partial charge in [-0.1, -0.05) is 12.0 Å². The van der Waals surface area contributed by atoms with E-state index in [0.29, 0.717) is 29.3 Å². The number of nitrogens with zero attached hydrogens (tertiary/aromatic N) is 4. The number of nitrogens with one attached hydrogen (secondary N) is 2. The van der Waals surface area contributed by atoms with Crippen LogP contribution in [-0.4, -0.2) is 27.9 Å². The molecule has 0 atom stereocenters. The van der Waals surface area contributed by atoms with Gasteiger partial charge in [0.15, 0.2) is 0 Å². The molecule has 29 heavy (non-hydrogen) atoms. The van der Waals surface area contributed by atoms with Crippen LogP contribution in [0.2, 0.25) is 0 Å². The zero-order valence-electron chi connectivity index (χ0n) is 15.9. The van der Waals surface area contributed by atoms with Crippen LogP contribution in [0.1, 0.15) is 29.7 Å². The van der Waals surface area contributed by atoms with E-state index in [1.165, 1.54) is 0 Å². The van der Waals surface area contributed by atoms with Crippen molar-refractivity contribution in [2.45, 2.75) is 19.3 Å². The Morgan fingerprint density at radius 2 is 2.00 bits per heavy atom. The van der Waals surface area contributed by atoms with Gasteiger partial charge in [0.2, 0.25) is 5.91 Å². The van der Waals surface area contributed by atoms with Crippen molar-refractivity contribution in [3.05, 3.63) is 53.6 Å². The number of fused-ring (bicyclic) bond motifs is 1. The number of carbonyl (C=O) groups excluding carboxylic acids is 1. The molecular weight excluding hydrogens is 364 g/mol. The van der Waals surface area contributed by atoms with Gasteiger partial charge < -0.3 is 10.6 Å². The molecule has 1 fully saturated rings. The predicted molar refractivity (Wildman–Crippen MR) is 110 cm³/mol. The van der Waals surface area contributed by atoms with E-state index in [0.717, 1.165) is 29.2 Å². The number of rotatable bonds is 4. The van der Waals surface area contributed by atoms with Crippen LogP contribution >= 0.6 is 0 Å². The minimum Gasteiger partial charge on any atom is -0.373 e. The van der Waals surface area contributed by atoms with Crippen molar-refractivity contribution in [1.29, 1.82) is 5.26 Å². The fourth-order valence-electron chi connectivity index (χ4n) is 2.90. The van der Waals surface area contributed by atoms with Crippen molar-refractivity contribution in [2.24, 2.45) is 5.92 Å². The largest absolute Gasteiger partial charge is 0.373 e. The number of carbonyl (C=O) groups is 1. The third kappa shape index (κ3) is 4.15. The Kier molecular flexibility index (Phi) is 5.05. The lowest BCUT2D eigenvalue weighted by Gasteiger charge is -2.09. The maximum absolute atomic E-state index is 12.1. The van der Waals surface area contributed by atoms with E-state index < -0.39 is 0 Å². The topological polar surface area (TPSA) is 104 Å². The lowest BCUT2D eigenvalue weighted by molar-refractivity contribution is -0.117. The molecule has 2 N–H and O–H groups in total. The van der Waals surface area contributed by atoms with Crippen LogP contribution in [-0.2, 0) is 11.2 Å². The number of aromatic nitrogens is 3. The van der Waals surface area contributed by atoms with E-state index in [4.69, 9.17) is 5.26 Å². The van der Waals surface area contributed by atoms with Crippen molar-refractivity contribution in [2.75, 3.05) is 17.7 Å². The van der Waals surface area contributed by atoms with Gasteiger partial charge in [-0.2, -0.15) is 5.26 Å². The minimum atomic E-state index is 0.00837. The van der Waals surface area contributed by atoms with E-state index in [1.54, 1.807) is 31.7 Å². The molecule has 1 saturated carbocycles. The summed E-state index contributed by atoms with van der Waals surface area (Å²) in [6, 6.07) is 7.56. The van der Waals surface area contributed by atoms with Gasteiger partial charge in [0.1, 0.15) is 17.3 Å². The van der Waals surface area contributed by atoms with Gasteiger partial charge in [-0.15, -0.1) is 0 Å². The van der Waals surface area contributed by atoms with Crippen LogP contribution < -0.4 is 10.6 Å². The fourth-order valence-corrected chi connectivity index (χ4v) is 2.90. The van der Waals surface area contributed by atoms with E-state index in [-0.39, 0.29) is 11.8 Å². The van der Waals surface area contributed by atoms with Crippen LogP contribution in [0.3, 0.4) is 0 Å². The summed E-state index contributed by atoms with van der Waals surface area (Å²) in [6.07, 6.45) is 7.23. The molecule has 3 heterocycles. The van der Waals surface area contributed by atoms with E-state index >= 15 is 0 Å². The molecule has 142 valence electrons. The van der Waals surface area contributed by atoms with Crippen molar-refractivity contribution in [3.63, 3.8) is 0 Å². The Bertz CT molecular complexity index is 1180. The summed E-state index contributed by atoms with van der Waals surface area (Å²) in [4.78, 5) is 25.1. The summed E-state index contributed by atoms with van der Waals surface area (Å²) < 4.78 is 0. The molecule has 7 heteroatoms. The third-order valence-electron chi connectivity index (χ3n) is 4.64. The second-order valence-electron chi connectivity index (χ2n) is 6.79. The second-order valence-corrected chi connectivity index (χ2v) is 6.79. The first-order chi connectivity index (χ1) is 14.2. The van der Waals surface area contributed by atoms with Gasteiger partial charge in [0, 0.05) is 42.3 Å². The van der Waals surface area contributed by atoms with Gasteiger partial charge in [0.05, 0.1) is 18.1 Å². The first kappa shape index (κ1) is 18.4. The lowest BCUT2D eigenvalue weighted by Crippen LogP contribution is -2.14. The number of pyridine rings is 3. The first-order valence-corrected chi connectivity index (χ1v) is 9.29. The molecule has 0 unspecified atom stereocenters. The van der Waals surface area contributed by atoms with Crippen LogP contribution in [0.15, 0.2) is 36.8 Å². The van der Waals surface area contributed by atoms with E-state index in [1.807, 2.05) is 12.1 Å². The summed E-state index contributed by atoms with van der Waals surface area (Å²) in [6.45, 7) is 0. The number of anilines is 2. The Morgan fingerprint density at radius 3 is 2.69 bits per heavy atom. The number of amides is 1. The Hall–Kier alpha value is -3.97. The molecule has 0 radical (unpaired) electrons. The monoisotopic (exact) mass is 382 g/mol. The predicted octanol–water partition coefficient (Wildman–Crippen LogP) is 2.88. The molecule has 0 aromatic carbocycles. The highest BCUT2D eigenvalue weighted by molar-refractivity contribution is 5.99. The van der Waals surface area contributed by atoms with Crippen molar-refractivity contribution in [1.82, 2.24) is 15.0 Å². The van der Waals surface area contributed by atoms with Gasteiger partial charge in [-0.05, 0) is 36.5 Å². The molecule has 4 rings (SSSR count). The van der Waals surface area contributed by atoms with Crippen LogP contribution in [0.5, 0.6) is 0 Å². The average molecular weight is 382 g/mol. The normalized spacial score (nSPS) is 12.6. The molecule has 1 amide bonds. The molecule has 3 aromatic rings. The Morgan fingerprint density at radius 1 is 1.14 bits per heavy atom. The third-order valence-corrected chi connectivity index (χ3v) is 4.64. The standard InChI is InChI=1S/C22H18N6O/c1-24-21-19-13-26-20(28-22(29)15-3-4-15)10-18(19)16(12-27-21)5-7-17-6-2-14(8-9-23)11-25-17/h2,6,10-13,15H,3-4,8H2,1H3,(H,24,27)(H,26,28,29). The molecule has 1 aliphatic carbocycles. The molecule has 1 aliphatic rings. The van der Waals surface area contributed by atoms with Crippen molar-refractivity contribution in [3.8, 4) is 17.9 Å². The van der Waals surface area contributed by atoms with E-state index in [2.05, 4.69) is 43.5 Å². The maximum Gasteiger partial charge on any atom is 0.228 e. The van der Waals surface area contributed by atoms with Crippen molar-refractivity contribution < 1.29 is 4.79 Å². The summed E-state index contributed by atoms with van der Waals surface area (Å²) >= 11 is 0. The zero-order valence-corrected chi connectivity index (χ0v) is 15.9. The highest BCUT2D eigenvalue weighted by Crippen LogP contribution is 2.31. The quantitative estimate of drug-likeness (QED) is 0.673. The summed E-state index contributed by atoms with van der Waals surface area (Å²) in [5.74, 6) is 7.46. The molecular formula is C22H18N6O. The molecule has 7 nitrogen and oxygen atoms in total. The maximum atomic E-state index is 12.1. The Balaban J connectivity index is 1.69. The average Bonchev–Trinajstić information content (AvgIpc) is 3.59. The molecule has 0 aliphatic heterocycles. The van der Waals surface area contributed by atoms with Gasteiger partial charge in [-0.25, -0.2) is 15.0 Å². The SMILES string of the molecule is CNc1ncc(C#Cc2ccc(CC#N)cn2)c2cc(NC(=O)C3CC3)ncc12. The molecule has 0 spiro atoms. The lowest BCUT2D eigenvalue weighted by atomic mass is 10.1. The summed E-state index contributed by atoms with van der Waals surface area (Å²) in [5, 5.41) is 16.3. The van der Waals surface area contributed by atoms with Crippen LogP contribution in [0, 0.1) is 29.1 Å². The van der Waals surface area contributed by atoms with Crippen LogP contribution in [0.4, 0.5) is 11.6 Å². The second kappa shape index (κ2) is 7.95. The number of hydrogen-bond donors (Lipinski definition) is 2. The molecule has 0 bridgehead atoms. The van der Waals surface area contributed by atoms with Crippen LogP contribution in [0.25, 0.3) is 10.8 Å². The minimum absolute atomic E-state index is 0.00837. The summed E-state index contributed by atoms with van der Waals surface area (Å²) in [5.41, 5.74) is 2.17. The van der Waals surface area contributed by atoms with Crippen molar-refractivity contribution >= 4 is 28.3 Å². The number of hydrogen-bond acceptors (Lipinski definition) is 6. The molecule has 0 saturated heterocycles. The van der Waals surface area contributed by atoms with Gasteiger partial charge in [-0.3, -0.25) is 4.79 Å². The number of nitriles is 1.